The fourth-order valence-electron chi connectivity index (χ4n) is 0.719. The van der Waals surface area contributed by atoms with Gasteiger partial charge in [-0.2, -0.15) is 8.42 Å². The highest BCUT2D eigenvalue weighted by molar-refractivity contribution is 7.85. The van der Waals surface area contributed by atoms with E-state index in [1.807, 2.05) is 6.92 Å². The van der Waals surface area contributed by atoms with Gasteiger partial charge in [0.05, 0.1) is 6.61 Å². The van der Waals surface area contributed by atoms with E-state index < -0.39 is 27.9 Å². The van der Waals surface area contributed by atoms with E-state index in [2.05, 4.69) is 4.74 Å². The Morgan fingerprint density at radius 3 is 2.57 bits per heavy atom. The molecule has 0 aliphatic heterocycles. The lowest BCUT2D eigenvalue weighted by Crippen LogP contribution is -2.38. The molecule has 0 saturated heterocycles. The minimum absolute atomic E-state index is 0.217. The topological polar surface area (TPSA) is 107 Å². The first-order valence-electron chi connectivity index (χ1n) is 4.24. The Balaban J connectivity index is 3.88. The molecule has 0 saturated carbocycles. The molecule has 0 rings (SSSR count). The van der Waals surface area contributed by atoms with E-state index in [1.165, 1.54) is 0 Å². The van der Waals surface area contributed by atoms with Crippen LogP contribution in [0.1, 0.15) is 19.8 Å². The van der Waals surface area contributed by atoms with Crippen LogP contribution < -0.4 is 5.73 Å². The summed E-state index contributed by atoms with van der Waals surface area (Å²) in [5, 5.41) is 0. The summed E-state index contributed by atoms with van der Waals surface area (Å²) >= 11 is 0. The Hall–Kier alpha value is -0.660. The van der Waals surface area contributed by atoms with Crippen molar-refractivity contribution in [1.29, 1.82) is 0 Å². The van der Waals surface area contributed by atoms with Crippen LogP contribution >= 0.6 is 0 Å². The van der Waals surface area contributed by atoms with Crippen LogP contribution in [0.2, 0.25) is 0 Å². The number of hydrogen-bond donors (Lipinski definition) is 2. The first-order valence-corrected chi connectivity index (χ1v) is 5.85. The van der Waals surface area contributed by atoms with Crippen molar-refractivity contribution >= 4 is 16.1 Å². The van der Waals surface area contributed by atoms with E-state index in [0.717, 1.165) is 6.42 Å². The van der Waals surface area contributed by atoms with Gasteiger partial charge >= 0.3 is 5.97 Å². The molecule has 0 aromatic heterocycles. The standard InChI is InChI=1S/C7H15NO5S/c1-2-3-4-13-7(9)6(8)5-14(10,11)12/h6H,2-5,8H2,1H3,(H,10,11,12)/t6-/m0/s1. The molecule has 1 atom stereocenters. The average molecular weight is 225 g/mol. The normalized spacial score (nSPS) is 13.6. The van der Waals surface area contributed by atoms with Gasteiger partial charge in [0.2, 0.25) is 0 Å². The molecule has 0 aromatic carbocycles. The molecule has 0 fully saturated rings. The van der Waals surface area contributed by atoms with Gasteiger partial charge in [0.25, 0.3) is 10.1 Å². The van der Waals surface area contributed by atoms with Gasteiger partial charge in [0.1, 0.15) is 11.8 Å². The van der Waals surface area contributed by atoms with Crippen LogP contribution in [0.15, 0.2) is 0 Å². The third-order valence-electron chi connectivity index (χ3n) is 1.44. The Labute approximate surface area is 83.2 Å². The van der Waals surface area contributed by atoms with Crippen molar-refractivity contribution in [2.24, 2.45) is 5.73 Å². The summed E-state index contributed by atoms with van der Waals surface area (Å²) in [6.07, 6.45) is 1.56. The molecule has 0 heterocycles. The maximum absolute atomic E-state index is 11.0. The second kappa shape index (κ2) is 5.94. The number of carbonyl (C=O) groups is 1. The maximum Gasteiger partial charge on any atom is 0.324 e. The molecule has 84 valence electrons. The van der Waals surface area contributed by atoms with Gasteiger partial charge < -0.3 is 10.5 Å². The summed E-state index contributed by atoms with van der Waals surface area (Å²) in [6, 6.07) is -1.32. The average Bonchev–Trinajstić information content (AvgIpc) is 2.01. The Morgan fingerprint density at radius 2 is 2.14 bits per heavy atom. The molecule has 0 amide bonds. The van der Waals surface area contributed by atoms with E-state index in [-0.39, 0.29) is 6.61 Å². The minimum atomic E-state index is -4.22. The number of ether oxygens (including phenoxy) is 1. The van der Waals surface area contributed by atoms with E-state index in [9.17, 15) is 13.2 Å². The van der Waals surface area contributed by atoms with Crippen molar-refractivity contribution in [3.8, 4) is 0 Å². The lowest BCUT2D eigenvalue weighted by molar-refractivity contribution is -0.144. The van der Waals surface area contributed by atoms with Crippen molar-refractivity contribution in [2.45, 2.75) is 25.8 Å². The van der Waals surface area contributed by atoms with Gasteiger partial charge in [-0.3, -0.25) is 9.35 Å². The fraction of sp³-hybridized carbons (Fsp3) is 0.857. The van der Waals surface area contributed by atoms with Crippen LogP contribution in [0.25, 0.3) is 0 Å². The van der Waals surface area contributed by atoms with Crippen LogP contribution in [-0.4, -0.2) is 37.3 Å². The highest BCUT2D eigenvalue weighted by Crippen LogP contribution is 1.94. The molecule has 6 nitrogen and oxygen atoms in total. The van der Waals surface area contributed by atoms with Crippen molar-refractivity contribution in [3.63, 3.8) is 0 Å². The molecular formula is C7H15NO5S. The molecule has 0 aromatic rings. The van der Waals surface area contributed by atoms with Crippen LogP contribution in [0.3, 0.4) is 0 Å². The second-order valence-electron chi connectivity index (χ2n) is 2.88. The first kappa shape index (κ1) is 13.3. The van der Waals surface area contributed by atoms with Gasteiger partial charge in [-0.05, 0) is 6.42 Å². The molecule has 7 heteroatoms. The van der Waals surface area contributed by atoms with E-state index in [0.29, 0.717) is 6.42 Å². The lowest BCUT2D eigenvalue weighted by atomic mass is 10.3. The largest absolute Gasteiger partial charge is 0.465 e. The summed E-state index contributed by atoms with van der Waals surface area (Å²) in [4.78, 5) is 11.0. The van der Waals surface area contributed by atoms with Crippen molar-refractivity contribution in [2.75, 3.05) is 12.4 Å². The summed E-state index contributed by atoms with van der Waals surface area (Å²) in [5.41, 5.74) is 5.17. The van der Waals surface area contributed by atoms with Crippen molar-refractivity contribution < 1.29 is 22.5 Å². The van der Waals surface area contributed by atoms with Crippen LogP contribution in [0.5, 0.6) is 0 Å². The molecule has 0 aliphatic rings. The van der Waals surface area contributed by atoms with Gasteiger partial charge in [0.15, 0.2) is 0 Å². The third kappa shape index (κ3) is 6.81. The molecule has 0 bridgehead atoms. The zero-order chi connectivity index (χ0) is 11.2. The molecular weight excluding hydrogens is 210 g/mol. The number of nitrogens with two attached hydrogens (primary N) is 1. The Bertz CT molecular complexity index is 274. The van der Waals surface area contributed by atoms with Gasteiger partial charge in [-0.1, -0.05) is 13.3 Å². The minimum Gasteiger partial charge on any atom is -0.465 e. The predicted octanol–water partition coefficient (Wildman–Crippen LogP) is -0.455. The van der Waals surface area contributed by atoms with Crippen molar-refractivity contribution in [3.05, 3.63) is 0 Å². The number of carbonyl (C=O) groups excluding carboxylic acids is 1. The fourth-order valence-corrected chi connectivity index (χ4v) is 1.31. The highest BCUT2D eigenvalue weighted by atomic mass is 32.2. The van der Waals surface area contributed by atoms with E-state index >= 15 is 0 Å². The lowest BCUT2D eigenvalue weighted by Gasteiger charge is -2.09. The molecule has 0 radical (unpaired) electrons. The summed E-state index contributed by atoms with van der Waals surface area (Å²) < 4.78 is 33.7. The molecule has 14 heavy (non-hydrogen) atoms. The van der Waals surface area contributed by atoms with Crippen LogP contribution in [0, 0.1) is 0 Å². The number of esters is 1. The van der Waals surface area contributed by atoms with Gasteiger partial charge in [-0.25, -0.2) is 0 Å². The van der Waals surface area contributed by atoms with Crippen molar-refractivity contribution in [1.82, 2.24) is 0 Å². The zero-order valence-corrected chi connectivity index (χ0v) is 8.79. The predicted molar refractivity (Wildman–Crippen MR) is 50.3 cm³/mol. The highest BCUT2D eigenvalue weighted by Gasteiger charge is 2.21. The first-order chi connectivity index (χ1) is 6.37. The summed E-state index contributed by atoms with van der Waals surface area (Å²) in [6.45, 7) is 2.14. The zero-order valence-electron chi connectivity index (χ0n) is 7.97. The number of hydrogen-bond acceptors (Lipinski definition) is 5. The number of rotatable bonds is 6. The van der Waals surface area contributed by atoms with Crippen LogP contribution in [0.4, 0.5) is 0 Å². The van der Waals surface area contributed by atoms with Gasteiger partial charge in [-0.15, -0.1) is 0 Å². The summed E-state index contributed by atoms with van der Waals surface area (Å²) in [5.74, 6) is -1.62. The number of unbranched alkanes of at least 4 members (excludes halogenated alkanes) is 1. The van der Waals surface area contributed by atoms with E-state index in [1.54, 1.807) is 0 Å². The van der Waals surface area contributed by atoms with E-state index in [4.69, 9.17) is 10.3 Å². The Morgan fingerprint density at radius 1 is 1.57 bits per heavy atom. The molecule has 0 aliphatic carbocycles. The third-order valence-corrected chi connectivity index (χ3v) is 2.22. The maximum atomic E-state index is 11.0. The molecule has 0 unspecified atom stereocenters. The van der Waals surface area contributed by atoms with Gasteiger partial charge in [0, 0.05) is 0 Å². The Kier molecular flexibility index (Phi) is 5.66. The second-order valence-corrected chi connectivity index (χ2v) is 4.37. The summed E-state index contributed by atoms with van der Waals surface area (Å²) in [7, 11) is -4.22. The molecule has 0 spiro atoms. The SMILES string of the molecule is CCCCOC(=O)[C@@H](N)CS(=O)(=O)O. The smallest absolute Gasteiger partial charge is 0.324 e. The monoisotopic (exact) mass is 225 g/mol. The quantitative estimate of drug-likeness (QED) is 0.360. The molecule has 3 N–H and O–H groups in total. The van der Waals surface area contributed by atoms with Crippen LogP contribution in [-0.2, 0) is 19.6 Å².